The Hall–Kier alpha value is -3.09. The predicted molar refractivity (Wildman–Crippen MR) is 83.5 cm³/mol. The largest absolute Gasteiger partial charge is 0.495 e. The molecule has 2 aromatic rings. The maximum atomic E-state index is 12.0. The number of carbonyl (C=O) groups is 1. The third-order valence-electron chi connectivity index (χ3n) is 2.92. The molecule has 0 unspecified atom stereocenters. The highest BCUT2D eigenvalue weighted by atomic mass is 16.6. The molecule has 7 nitrogen and oxygen atoms in total. The van der Waals surface area contributed by atoms with Crippen LogP contribution in [0.25, 0.3) is 0 Å². The minimum Gasteiger partial charge on any atom is -0.495 e. The molecule has 0 aromatic heterocycles. The maximum absolute atomic E-state index is 12.0. The molecule has 2 amide bonds. The van der Waals surface area contributed by atoms with E-state index in [0.717, 1.165) is 5.56 Å². The van der Waals surface area contributed by atoms with Crippen molar-refractivity contribution in [1.82, 2.24) is 0 Å². The number of benzene rings is 2. The summed E-state index contributed by atoms with van der Waals surface area (Å²) in [7, 11) is 1.42. The number of aryl methyl sites for hydroxylation is 1. The standard InChI is InChI=1S/C15H15N3O4/c1-10-4-3-5-11(8-10)16-15(19)17-13-9-12(18(20)21)6-7-14(13)22-2/h3-9H,1-2H3,(H2,16,17,19). The molecule has 2 aromatic carbocycles. The zero-order valence-electron chi connectivity index (χ0n) is 12.1. The van der Waals surface area contributed by atoms with Gasteiger partial charge in [0, 0.05) is 17.8 Å². The first-order chi connectivity index (χ1) is 10.5. The van der Waals surface area contributed by atoms with Gasteiger partial charge in [-0.15, -0.1) is 0 Å². The molecule has 0 heterocycles. The molecule has 0 radical (unpaired) electrons. The third kappa shape index (κ3) is 3.72. The molecule has 114 valence electrons. The first-order valence-corrected chi connectivity index (χ1v) is 6.46. The first kappa shape index (κ1) is 15.3. The Balaban J connectivity index is 2.16. The van der Waals surface area contributed by atoms with Gasteiger partial charge in [-0.05, 0) is 30.7 Å². The average molecular weight is 301 g/mol. The Morgan fingerprint density at radius 2 is 1.95 bits per heavy atom. The lowest BCUT2D eigenvalue weighted by atomic mass is 10.2. The molecule has 0 aliphatic carbocycles. The fraction of sp³-hybridized carbons (Fsp3) is 0.133. The smallest absolute Gasteiger partial charge is 0.323 e. The molecule has 0 aliphatic rings. The van der Waals surface area contributed by atoms with Crippen LogP contribution in [0.15, 0.2) is 42.5 Å². The maximum Gasteiger partial charge on any atom is 0.323 e. The van der Waals surface area contributed by atoms with Crippen molar-refractivity contribution in [2.24, 2.45) is 0 Å². The van der Waals surface area contributed by atoms with Crippen LogP contribution < -0.4 is 15.4 Å². The van der Waals surface area contributed by atoms with E-state index >= 15 is 0 Å². The molecule has 22 heavy (non-hydrogen) atoms. The molecule has 2 N–H and O–H groups in total. The van der Waals surface area contributed by atoms with E-state index in [1.807, 2.05) is 25.1 Å². The lowest BCUT2D eigenvalue weighted by molar-refractivity contribution is -0.384. The van der Waals surface area contributed by atoms with E-state index in [1.165, 1.54) is 25.3 Å². The lowest BCUT2D eigenvalue weighted by Gasteiger charge is -2.11. The van der Waals surface area contributed by atoms with Gasteiger partial charge in [0.15, 0.2) is 0 Å². The minimum atomic E-state index is -0.539. The monoisotopic (exact) mass is 301 g/mol. The summed E-state index contributed by atoms with van der Waals surface area (Å²) in [5.74, 6) is 0.338. The van der Waals surface area contributed by atoms with Crippen LogP contribution in [-0.2, 0) is 0 Å². The Bertz CT molecular complexity index is 716. The Kier molecular flexibility index (Phi) is 4.57. The van der Waals surface area contributed by atoms with Crippen LogP contribution in [-0.4, -0.2) is 18.1 Å². The van der Waals surface area contributed by atoms with Crippen molar-refractivity contribution < 1.29 is 14.5 Å². The highest BCUT2D eigenvalue weighted by Crippen LogP contribution is 2.28. The molecule has 0 spiro atoms. The minimum absolute atomic E-state index is 0.133. The van der Waals surface area contributed by atoms with Crippen LogP contribution >= 0.6 is 0 Å². The summed E-state index contributed by atoms with van der Waals surface area (Å²) in [5.41, 5.74) is 1.72. The number of hydrogen-bond donors (Lipinski definition) is 2. The number of amides is 2. The van der Waals surface area contributed by atoms with Gasteiger partial charge in [0.25, 0.3) is 5.69 Å². The van der Waals surface area contributed by atoms with Crippen LogP contribution in [0.3, 0.4) is 0 Å². The van der Waals surface area contributed by atoms with Gasteiger partial charge >= 0.3 is 6.03 Å². The molecule has 0 atom stereocenters. The van der Waals surface area contributed by atoms with Crippen molar-refractivity contribution in [2.45, 2.75) is 6.92 Å². The lowest BCUT2D eigenvalue weighted by Crippen LogP contribution is -2.19. The van der Waals surface area contributed by atoms with Gasteiger partial charge in [-0.25, -0.2) is 4.79 Å². The molecular weight excluding hydrogens is 286 g/mol. The fourth-order valence-electron chi connectivity index (χ4n) is 1.91. The van der Waals surface area contributed by atoms with Gasteiger partial charge in [0.1, 0.15) is 5.75 Å². The molecule has 2 rings (SSSR count). The summed E-state index contributed by atoms with van der Waals surface area (Å²) in [6.07, 6.45) is 0. The van der Waals surface area contributed by atoms with Gasteiger partial charge in [-0.2, -0.15) is 0 Å². The highest BCUT2D eigenvalue weighted by Gasteiger charge is 2.13. The number of nitrogens with one attached hydrogen (secondary N) is 2. The number of ether oxygens (including phenoxy) is 1. The van der Waals surface area contributed by atoms with Crippen molar-refractivity contribution >= 4 is 23.1 Å². The van der Waals surface area contributed by atoms with Crippen molar-refractivity contribution in [1.29, 1.82) is 0 Å². The second-order valence-corrected chi connectivity index (χ2v) is 4.59. The molecule has 0 saturated heterocycles. The first-order valence-electron chi connectivity index (χ1n) is 6.46. The van der Waals surface area contributed by atoms with Crippen LogP contribution in [0, 0.1) is 17.0 Å². The van der Waals surface area contributed by atoms with E-state index in [4.69, 9.17) is 4.74 Å². The molecule has 0 saturated carbocycles. The van der Waals surface area contributed by atoms with Crippen LogP contribution in [0.1, 0.15) is 5.56 Å². The summed E-state index contributed by atoms with van der Waals surface area (Å²) >= 11 is 0. The Morgan fingerprint density at radius 3 is 2.59 bits per heavy atom. The second kappa shape index (κ2) is 6.57. The second-order valence-electron chi connectivity index (χ2n) is 4.59. The summed E-state index contributed by atoms with van der Waals surface area (Å²) < 4.78 is 5.09. The summed E-state index contributed by atoms with van der Waals surface area (Å²) in [5, 5.41) is 16.0. The van der Waals surface area contributed by atoms with E-state index in [2.05, 4.69) is 10.6 Å². The fourth-order valence-corrected chi connectivity index (χ4v) is 1.91. The topological polar surface area (TPSA) is 93.5 Å². The van der Waals surface area contributed by atoms with Gasteiger partial charge in [0.2, 0.25) is 0 Å². The Morgan fingerprint density at radius 1 is 1.18 bits per heavy atom. The number of nitrogens with zero attached hydrogens (tertiary/aromatic N) is 1. The summed E-state index contributed by atoms with van der Waals surface area (Å²) in [4.78, 5) is 22.3. The van der Waals surface area contributed by atoms with Crippen molar-refractivity contribution in [3.05, 3.63) is 58.1 Å². The molecule has 7 heteroatoms. The normalized spacial score (nSPS) is 9.91. The number of non-ortho nitro benzene ring substituents is 1. The van der Waals surface area contributed by atoms with E-state index in [1.54, 1.807) is 6.07 Å². The number of nitro benzene ring substituents is 1. The van der Waals surface area contributed by atoms with E-state index in [0.29, 0.717) is 11.4 Å². The van der Waals surface area contributed by atoms with Crippen molar-refractivity contribution in [3.63, 3.8) is 0 Å². The van der Waals surface area contributed by atoms with Crippen molar-refractivity contribution in [3.8, 4) is 5.75 Å². The van der Waals surface area contributed by atoms with Gasteiger partial charge in [0.05, 0.1) is 17.7 Å². The van der Waals surface area contributed by atoms with Gasteiger partial charge in [-0.1, -0.05) is 12.1 Å². The van der Waals surface area contributed by atoms with Crippen LogP contribution in [0.4, 0.5) is 21.9 Å². The number of urea groups is 1. The number of nitro groups is 1. The molecule has 0 aliphatic heterocycles. The zero-order chi connectivity index (χ0) is 16.1. The zero-order valence-corrected chi connectivity index (χ0v) is 12.1. The molecular formula is C15H15N3O4. The molecule has 0 bridgehead atoms. The number of carbonyl (C=O) groups excluding carboxylic acids is 1. The average Bonchev–Trinajstić information content (AvgIpc) is 2.47. The number of hydrogen-bond acceptors (Lipinski definition) is 4. The summed E-state index contributed by atoms with van der Waals surface area (Å²) in [6, 6.07) is 10.8. The predicted octanol–water partition coefficient (Wildman–Crippen LogP) is 3.56. The van der Waals surface area contributed by atoms with E-state index in [-0.39, 0.29) is 11.4 Å². The molecule has 0 fully saturated rings. The number of anilines is 2. The number of methoxy groups -OCH3 is 1. The van der Waals surface area contributed by atoms with E-state index in [9.17, 15) is 14.9 Å². The summed E-state index contributed by atoms with van der Waals surface area (Å²) in [6.45, 7) is 1.91. The van der Waals surface area contributed by atoms with Crippen molar-refractivity contribution in [2.75, 3.05) is 17.7 Å². The van der Waals surface area contributed by atoms with Crippen LogP contribution in [0.5, 0.6) is 5.75 Å². The third-order valence-corrected chi connectivity index (χ3v) is 2.92. The van der Waals surface area contributed by atoms with Crippen LogP contribution in [0.2, 0.25) is 0 Å². The number of rotatable bonds is 4. The quantitative estimate of drug-likeness (QED) is 0.667. The van der Waals surface area contributed by atoms with Gasteiger partial charge in [-0.3, -0.25) is 10.1 Å². The Labute approximate surface area is 127 Å². The SMILES string of the molecule is COc1ccc([N+](=O)[O-])cc1NC(=O)Nc1cccc(C)c1. The highest BCUT2D eigenvalue weighted by molar-refractivity contribution is 6.00. The van der Waals surface area contributed by atoms with Gasteiger partial charge < -0.3 is 15.4 Å². The van der Waals surface area contributed by atoms with E-state index < -0.39 is 11.0 Å².